The minimum atomic E-state index is -0.106. The van der Waals surface area contributed by atoms with Gasteiger partial charge in [-0.2, -0.15) is 0 Å². The van der Waals surface area contributed by atoms with Gasteiger partial charge in [-0.05, 0) is 41.3 Å². The molecule has 1 N–H and O–H groups in total. The highest BCUT2D eigenvalue weighted by atomic mass is 32.1. The number of benzene rings is 2. The molecule has 0 saturated heterocycles. The summed E-state index contributed by atoms with van der Waals surface area (Å²) in [6.45, 7) is 0.466. The van der Waals surface area contributed by atoms with E-state index < -0.39 is 0 Å². The molecule has 0 atom stereocenters. The normalized spacial score (nSPS) is 10.4. The van der Waals surface area contributed by atoms with Crippen molar-refractivity contribution < 1.29 is 14.6 Å². The molecule has 3 aromatic rings. The number of aliphatic hydroxyl groups is 1. The Labute approximate surface area is 150 Å². The number of anilines is 1. The van der Waals surface area contributed by atoms with E-state index in [0.29, 0.717) is 12.3 Å². The highest BCUT2D eigenvalue weighted by molar-refractivity contribution is 7.09. The second-order valence-corrected chi connectivity index (χ2v) is 6.52. The van der Waals surface area contributed by atoms with Crippen molar-refractivity contribution in [3.63, 3.8) is 0 Å². The zero-order chi connectivity index (χ0) is 17.5. The first-order valence-electron chi connectivity index (χ1n) is 7.96. The molecule has 128 valence electrons. The Morgan fingerprint density at radius 1 is 1.00 bits per heavy atom. The Bertz CT molecular complexity index is 786. The van der Waals surface area contributed by atoms with Crippen LogP contribution in [0.2, 0.25) is 0 Å². The summed E-state index contributed by atoms with van der Waals surface area (Å²) in [6, 6.07) is 20.7. The van der Waals surface area contributed by atoms with E-state index in [1.807, 2.05) is 47.8 Å². The number of aliphatic hydroxyl groups excluding tert-OH is 1. The van der Waals surface area contributed by atoms with E-state index in [9.17, 15) is 4.79 Å². The Morgan fingerprint density at radius 3 is 2.40 bits per heavy atom. The molecule has 0 spiro atoms. The molecule has 0 aliphatic rings. The molecular formula is C20H19NO3S. The third-order valence-electron chi connectivity index (χ3n) is 3.73. The highest BCUT2D eigenvalue weighted by Gasteiger charge is 2.17. The maximum atomic E-state index is 12.7. The first-order valence-corrected chi connectivity index (χ1v) is 8.84. The van der Waals surface area contributed by atoms with Crippen LogP contribution in [0.5, 0.6) is 5.75 Å². The zero-order valence-corrected chi connectivity index (χ0v) is 14.5. The summed E-state index contributed by atoms with van der Waals surface area (Å²) in [4.78, 5) is 15.6. The Hall–Kier alpha value is -2.63. The molecule has 25 heavy (non-hydrogen) atoms. The molecule has 1 heterocycles. The molecular weight excluding hydrogens is 334 g/mol. The Morgan fingerprint density at radius 2 is 1.76 bits per heavy atom. The van der Waals surface area contributed by atoms with E-state index in [4.69, 9.17) is 9.84 Å². The third kappa shape index (κ3) is 4.68. The second-order valence-electron chi connectivity index (χ2n) is 5.49. The molecule has 2 aromatic carbocycles. The lowest BCUT2D eigenvalue weighted by Gasteiger charge is -2.22. The number of thiophene rings is 1. The van der Waals surface area contributed by atoms with Crippen molar-refractivity contribution in [3.05, 3.63) is 82.6 Å². The van der Waals surface area contributed by atoms with Crippen LogP contribution in [0, 0.1) is 0 Å². The van der Waals surface area contributed by atoms with Crippen LogP contribution in [0.4, 0.5) is 5.69 Å². The molecule has 0 aliphatic heterocycles. The van der Waals surface area contributed by atoms with Crippen LogP contribution >= 0.6 is 11.3 Å². The van der Waals surface area contributed by atoms with Gasteiger partial charge in [0, 0.05) is 10.6 Å². The van der Waals surface area contributed by atoms with Gasteiger partial charge in [0.15, 0.2) is 6.61 Å². The predicted octanol–water partition coefficient (Wildman–Crippen LogP) is 3.85. The van der Waals surface area contributed by atoms with Crippen LogP contribution in [0.1, 0.15) is 10.4 Å². The first kappa shape index (κ1) is 17.2. The monoisotopic (exact) mass is 353 g/mol. The number of hydrogen-bond acceptors (Lipinski definition) is 4. The fraction of sp³-hybridized carbons (Fsp3) is 0.150. The molecule has 1 amide bonds. The molecule has 0 saturated carbocycles. The summed E-state index contributed by atoms with van der Waals surface area (Å²) in [6.07, 6.45) is 0. The molecule has 0 aliphatic carbocycles. The predicted molar refractivity (Wildman–Crippen MR) is 99.8 cm³/mol. The van der Waals surface area contributed by atoms with Crippen molar-refractivity contribution in [2.75, 3.05) is 11.5 Å². The van der Waals surface area contributed by atoms with Gasteiger partial charge in [-0.3, -0.25) is 4.79 Å². The molecule has 4 nitrogen and oxygen atoms in total. The molecule has 5 heteroatoms. The van der Waals surface area contributed by atoms with Crippen molar-refractivity contribution in [3.8, 4) is 5.75 Å². The van der Waals surface area contributed by atoms with Gasteiger partial charge < -0.3 is 14.7 Å². The highest BCUT2D eigenvalue weighted by Crippen LogP contribution is 2.20. The van der Waals surface area contributed by atoms with Crippen LogP contribution < -0.4 is 9.64 Å². The number of amides is 1. The van der Waals surface area contributed by atoms with E-state index in [-0.39, 0.29) is 19.1 Å². The summed E-state index contributed by atoms with van der Waals surface area (Å²) >= 11 is 1.62. The van der Waals surface area contributed by atoms with Crippen LogP contribution in [-0.4, -0.2) is 17.6 Å². The van der Waals surface area contributed by atoms with Gasteiger partial charge in [-0.15, -0.1) is 11.3 Å². The van der Waals surface area contributed by atoms with Gasteiger partial charge >= 0.3 is 0 Å². The number of hydrogen-bond donors (Lipinski definition) is 1. The number of ether oxygens (including phenoxy) is 1. The van der Waals surface area contributed by atoms with Crippen molar-refractivity contribution in [2.24, 2.45) is 0 Å². The Balaban J connectivity index is 1.70. The number of carbonyl (C=O) groups excluding carboxylic acids is 1. The summed E-state index contributed by atoms with van der Waals surface area (Å²) in [5.41, 5.74) is 1.66. The largest absolute Gasteiger partial charge is 0.484 e. The van der Waals surface area contributed by atoms with E-state index in [1.165, 1.54) is 0 Å². The number of nitrogens with zero attached hydrogens (tertiary/aromatic N) is 1. The summed E-state index contributed by atoms with van der Waals surface area (Å²) in [5, 5.41) is 11.1. The lowest BCUT2D eigenvalue weighted by molar-refractivity contribution is -0.120. The summed E-state index contributed by atoms with van der Waals surface area (Å²) in [7, 11) is 0. The lowest BCUT2D eigenvalue weighted by atomic mass is 10.2. The minimum absolute atomic E-state index is 0.0121. The fourth-order valence-electron chi connectivity index (χ4n) is 2.40. The van der Waals surface area contributed by atoms with Crippen LogP contribution in [0.15, 0.2) is 72.1 Å². The summed E-state index contributed by atoms with van der Waals surface area (Å²) in [5.74, 6) is 0.500. The van der Waals surface area contributed by atoms with Crippen molar-refractivity contribution in [1.82, 2.24) is 0 Å². The Kier molecular flexibility index (Phi) is 5.82. The number of para-hydroxylation sites is 1. The average Bonchev–Trinajstić information content (AvgIpc) is 3.18. The molecule has 0 unspecified atom stereocenters. The van der Waals surface area contributed by atoms with Gasteiger partial charge in [-0.1, -0.05) is 36.4 Å². The van der Waals surface area contributed by atoms with E-state index in [2.05, 4.69) is 0 Å². The maximum Gasteiger partial charge on any atom is 0.265 e. The van der Waals surface area contributed by atoms with E-state index >= 15 is 0 Å². The first-order chi connectivity index (χ1) is 12.3. The van der Waals surface area contributed by atoms with Crippen LogP contribution in [-0.2, 0) is 17.9 Å². The van der Waals surface area contributed by atoms with Gasteiger partial charge in [0.05, 0.1) is 13.2 Å². The van der Waals surface area contributed by atoms with Gasteiger partial charge in [0.2, 0.25) is 0 Å². The van der Waals surface area contributed by atoms with E-state index in [0.717, 1.165) is 16.1 Å². The number of rotatable bonds is 7. The maximum absolute atomic E-state index is 12.7. The standard InChI is InChI=1S/C20H19NO3S/c22-14-16-8-10-18(11-9-16)24-15-20(23)21(13-19-7-4-12-25-19)17-5-2-1-3-6-17/h1-12,22H,13-15H2. The SMILES string of the molecule is O=C(COc1ccc(CO)cc1)N(Cc1cccs1)c1ccccc1. The van der Waals surface area contributed by atoms with Crippen LogP contribution in [0.3, 0.4) is 0 Å². The molecule has 0 fully saturated rings. The van der Waals surface area contributed by atoms with Crippen molar-refractivity contribution >= 4 is 22.9 Å². The van der Waals surface area contributed by atoms with Gasteiger partial charge in [-0.25, -0.2) is 0 Å². The fourth-order valence-corrected chi connectivity index (χ4v) is 3.10. The van der Waals surface area contributed by atoms with Gasteiger partial charge in [0.1, 0.15) is 5.75 Å². The third-order valence-corrected chi connectivity index (χ3v) is 4.59. The minimum Gasteiger partial charge on any atom is -0.484 e. The molecule has 0 bridgehead atoms. The van der Waals surface area contributed by atoms with Crippen LogP contribution in [0.25, 0.3) is 0 Å². The van der Waals surface area contributed by atoms with Gasteiger partial charge in [0.25, 0.3) is 5.91 Å². The quantitative estimate of drug-likeness (QED) is 0.702. The van der Waals surface area contributed by atoms with E-state index in [1.54, 1.807) is 40.5 Å². The van der Waals surface area contributed by atoms with Crippen molar-refractivity contribution in [2.45, 2.75) is 13.2 Å². The lowest BCUT2D eigenvalue weighted by Crippen LogP contribution is -2.34. The molecule has 3 rings (SSSR count). The molecule has 1 aromatic heterocycles. The summed E-state index contributed by atoms with van der Waals surface area (Å²) < 4.78 is 5.62. The average molecular weight is 353 g/mol. The topological polar surface area (TPSA) is 49.8 Å². The smallest absolute Gasteiger partial charge is 0.265 e. The molecule has 0 radical (unpaired) electrons. The van der Waals surface area contributed by atoms with Crippen molar-refractivity contribution in [1.29, 1.82) is 0 Å². The second kappa shape index (κ2) is 8.46. The number of carbonyl (C=O) groups is 1. The zero-order valence-electron chi connectivity index (χ0n) is 13.7.